The molecule has 2 amide bonds. The molecule has 0 spiro atoms. The van der Waals surface area contributed by atoms with E-state index in [2.05, 4.69) is 15.6 Å². The molecule has 2 aromatic rings. The van der Waals surface area contributed by atoms with Crippen molar-refractivity contribution in [1.82, 2.24) is 10.3 Å². The van der Waals surface area contributed by atoms with E-state index in [1.807, 2.05) is 19.1 Å². The Balaban J connectivity index is 1.75. The molecule has 0 saturated heterocycles. The molecule has 1 aromatic heterocycles. The fourth-order valence-corrected chi connectivity index (χ4v) is 2.93. The van der Waals surface area contributed by atoms with E-state index in [9.17, 15) is 14.4 Å². The van der Waals surface area contributed by atoms with E-state index in [4.69, 9.17) is 4.74 Å². The van der Waals surface area contributed by atoms with Crippen LogP contribution in [0.2, 0.25) is 0 Å². The fourth-order valence-electron chi connectivity index (χ4n) is 2.20. The number of nitrogens with zero attached hydrogens (tertiary/aromatic N) is 1. The number of esters is 1. The molecular weight excluding hydrogens is 354 g/mol. The molecule has 2 N–H and O–H groups in total. The second-order valence-corrected chi connectivity index (χ2v) is 6.35. The van der Waals surface area contributed by atoms with Gasteiger partial charge < -0.3 is 15.4 Å². The Bertz CT molecular complexity index is 788. The minimum absolute atomic E-state index is 0.0761. The van der Waals surface area contributed by atoms with E-state index >= 15 is 0 Å². The molecule has 0 unspecified atom stereocenters. The monoisotopic (exact) mass is 375 g/mol. The van der Waals surface area contributed by atoms with Crippen LogP contribution in [0, 0.1) is 6.92 Å². The van der Waals surface area contributed by atoms with Gasteiger partial charge in [-0.3, -0.25) is 14.4 Å². The van der Waals surface area contributed by atoms with Crippen LogP contribution in [-0.4, -0.2) is 35.9 Å². The highest BCUT2D eigenvalue weighted by molar-refractivity contribution is 7.13. The zero-order valence-electron chi connectivity index (χ0n) is 14.7. The summed E-state index contributed by atoms with van der Waals surface area (Å²) >= 11 is 1.24. The number of anilines is 1. The summed E-state index contributed by atoms with van der Waals surface area (Å²) < 4.78 is 4.85. The van der Waals surface area contributed by atoms with Gasteiger partial charge in [0.15, 0.2) is 5.13 Å². The number of rotatable bonds is 8. The lowest BCUT2D eigenvalue weighted by Crippen LogP contribution is -2.28. The molecule has 7 nitrogen and oxygen atoms in total. The average Bonchev–Trinajstić information content (AvgIpc) is 3.02. The van der Waals surface area contributed by atoms with Crippen molar-refractivity contribution in [3.05, 3.63) is 46.5 Å². The number of aryl methyl sites for hydroxylation is 1. The third-order valence-corrected chi connectivity index (χ3v) is 4.26. The second-order valence-electron chi connectivity index (χ2n) is 5.49. The van der Waals surface area contributed by atoms with Crippen LogP contribution in [0.3, 0.4) is 0 Å². The van der Waals surface area contributed by atoms with Gasteiger partial charge in [0.25, 0.3) is 5.91 Å². The van der Waals surface area contributed by atoms with Crippen LogP contribution in [0.1, 0.15) is 35.0 Å². The van der Waals surface area contributed by atoms with Gasteiger partial charge in [-0.25, -0.2) is 4.98 Å². The molecule has 1 aromatic carbocycles. The quantitative estimate of drug-likeness (QED) is 0.690. The predicted octanol–water partition coefficient (Wildman–Crippen LogP) is 2.32. The summed E-state index contributed by atoms with van der Waals surface area (Å²) in [6, 6.07) is 7.26. The van der Waals surface area contributed by atoms with Crippen LogP contribution in [0.15, 0.2) is 29.6 Å². The third-order valence-electron chi connectivity index (χ3n) is 3.46. The molecule has 0 aliphatic heterocycles. The average molecular weight is 375 g/mol. The molecule has 0 aliphatic carbocycles. The Labute approximate surface area is 155 Å². The van der Waals surface area contributed by atoms with E-state index in [1.54, 1.807) is 24.4 Å². The molecule has 0 radical (unpaired) electrons. The Kier molecular flexibility index (Phi) is 7.28. The molecule has 0 atom stereocenters. The number of nitrogens with one attached hydrogen (secondary N) is 2. The van der Waals surface area contributed by atoms with E-state index in [0.717, 1.165) is 5.56 Å². The number of carbonyl (C=O) groups excluding carboxylic acids is 3. The Hall–Kier alpha value is -2.74. The number of hydrogen-bond acceptors (Lipinski definition) is 6. The highest BCUT2D eigenvalue weighted by Crippen LogP contribution is 2.16. The van der Waals surface area contributed by atoms with Gasteiger partial charge in [0.1, 0.15) is 0 Å². The normalized spacial score (nSPS) is 10.2. The first kappa shape index (κ1) is 19.6. The third kappa shape index (κ3) is 5.96. The summed E-state index contributed by atoms with van der Waals surface area (Å²) in [5.74, 6) is -0.816. The zero-order valence-corrected chi connectivity index (χ0v) is 15.5. The second kappa shape index (κ2) is 9.67. The SMILES string of the molecule is CCOC(=O)Cc1csc(NC(=O)CCNC(=O)c2ccccc2C)n1. The van der Waals surface area contributed by atoms with Gasteiger partial charge in [0.2, 0.25) is 5.91 Å². The first-order valence-corrected chi connectivity index (χ1v) is 9.11. The maximum atomic E-state index is 12.1. The molecule has 138 valence electrons. The first-order valence-electron chi connectivity index (χ1n) is 8.23. The number of amides is 2. The molecule has 8 heteroatoms. The molecule has 26 heavy (non-hydrogen) atoms. The van der Waals surface area contributed by atoms with Crippen molar-refractivity contribution in [3.8, 4) is 0 Å². The zero-order chi connectivity index (χ0) is 18.9. The van der Waals surface area contributed by atoms with Gasteiger partial charge in [-0.2, -0.15) is 0 Å². The smallest absolute Gasteiger partial charge is 0.311 e. The molecule has 0 bridgehead atoms. The Morgan fingerprint density at radius 3 is 2.73 bits per heavy atom. The summed E-state index contributed by atoms with van der Waals surface area (Å²) in [5.41, 5.74) is 2.03. The van der Waals surface area contributed by atoms with Crippen molar-refractivity contribution in [1.29, 1.82) is 0 Å². The Morgan fingerprint density at radius 2 is 2.00 bits per heavy atom. The van der Waals surface area contributed by atoms with Gasteiger partial charge in [-0.15, -0.1) is 11.3 Å². The van der Waals surface area contributed by atoms with Crippen LogP contribution < -0.4 is 10.6 Å². The van der Waals surface area contributed by atoms with Gasteiger partial charge in [0.05, 0.1) is 18.7 Å². The van der Waals surface area contributed by atoms with Crippen LogP contribution in [0.4, 0.5) is 5.13 Å². The lowest BCUT2D eigenvalue weighted by molar-refractivity contribution is -0.142. The van der Waals surface area contributed by atoms with E-state index in [1.165, 1.54) is 11.3 Å². The van der Waals surface area contributed by atoms with Gasteiger partial charge in [-0.05, 0) is 25.5 Å². The van der Waals surface area contributed by atoms with Crippen molar-refractivity contribution in [2.45, 2.75) is 26.7 Å². The summed E-state index contributed by atoms with van der Waals surface area (Å²) in [7, 11) is 0. The molecule has 0 saturated carbocycles. The van der Waals surface area contributed by atoms with Crippen molar-refractivity contribution in [3.63, 3.8) is 0 Å². The van der Waals surface area contributed by atoms with Gasteiger partial charge >= 0.3 is 5.97 Å². The number of ether oxygens (including phenoxy) is 1. The molecule has 0 fully saturated rings. The van der Waals surface area contributed by atoms with Crippen molar-refractivity contribution < 1.29 is 19.1 Å². The topological polar surface area (TPSA) is 97.4 Å². The lowest BCUT2D eigenvalue weighted by atomic mass is 10.1. The molecule has 0 aliphatic rings. The minimum Gasteiger partial charge on any atom is -0.466 e. The van der Waals surface area contributed by atoms with E-state index < -0.39 is 0 Å². The minimum atomic E-state index is -0.352. The molecule has 2 rings (SSSR count). The first-order chi connectivity index (χ1) is 12.5. The summed E-state index contributed by atoms with van der Waals surface area (Å²) in [5, 5.41) is 7.50. The standard InChI is InChI=1S/C18H21N3O4S/c1-3-25-16(23)10-13-11-26-18(20-13)21-15(22)8-9-19-17(24)14-7-5-4-6-12(14)2/h4-7,11H,3,8-10H2,1-2H3,(H,19,24)(H,20,21,22). The number of hydrogen-bond donors (Lipinski definition) is 2. The highest BCUT2D eigenvalue weighted by atomic mass is 32.1. The number of carbonyl (C=O) groups is 3. The van der Waals surface area contributed by atoms with Crippen molar-refractivity contribution in [2.24, 2.45) is 0 Å². The predicted molar refractivity (Wildman–Crippen MR) is 99.2 cm³/mol. The fraction of sp³-hybridized carbons (Fsp3) is 0.333. The van der Waals surface area contributed by atoms with Crippen LogP contribution in [0.5, 0.6) is 0 Å². The van der Waals surface area contributed by atoms with Crippen LogP contribution >= 0.6 is 11.3 Å². The highest BCUT2D eigenvalue weighted by Gasteiger charge is 2.12. The lowest BCUT2D eigenvalue weighted by Gasteiger charge is -2.07. The number of thiazole rings is 1. The Morgan fingerprint density at radius 1 is 1.23 bits per heavy atom. The largest absolute Gasteiger partial charge is 0.466 e. The van der Waals surface area contributed by atoms with Crippen LogP contribution in [-0.2, 0) is 20.7 Å². The summed E-state index contributed by atoms with van der Waals surface area (Å²) in [6.07, 6.45) is 0.205. The number of aromatic nitrogens is 1. The summed E-state index contributed by atoms with van der Waals surface area (Å²) in [6.45, 7) is 4.14. The van der Waals surface area contributed by atoms with E-state index in [0.29, 0.717) is 23.0 Å². The maximum absolute atomic E-state index is 12.1. The van der Waals surface area contributed by atoms with Crippen molar-refractivity contribution in [2.75, 3.05) is 18.5 Å². The van der Waals surface area contributed by atoms with E-state index in [-0.39, 0.29) is 37.2 Å². The maximum Gasteiger partial charge on any atom is 0.311 e. The summed E-state index contributed by atoms with van der Waals surface area (Å²) in [4.78, 5) is 39.6. The van der Waals surface area contributed by atoms with Gasteiger partial charge in [0, 0.05) is 23.9 Å². The van der Waals surface area contributed by atoms with Crippen molar-refractivity contribution >= 4 is 34.3 Å². The molecule has 1 heterocycles. The molecular formula is C18H21N3O4S. The van der Waals surface area contributed by atoms with Crippen LogP contribution in [0.25, 0.3) is 0 Å². The number of benzene rings is 1. The van der Waals surface area contributed by atoms with Gasteiger partial charge in [-0.1, -0.05) is 18.2 Å².